The minimum absolute atomic E-state index is 0.126. The summed E-state index contributed by atoms with van der Waals surface area (Å²) >= 11 is 0. The number of benzene rings is 8. The number of aliphatic hydroxyl groups is 1. The lowest BCUT2D eigenvalue weighted by molar-refractivity contribution is 0.0114. The quantitative estimate of drug-likeness (QED) is 0.0223. The number of nitrogens with one attached hydrogen (secondary N) is 3. The number of hydrogen-bond acceptors (Lipinski definition) is 17. The monoisotopic (exact) mass is 1370 g/mol. The molecule has 6 N–H and O–H groups in total. The number of aliphatic hydroxyl groups excluding tert-OH is 1. The Morgan fingerprint density at radius 2 is 0.691 bits per heavy atom. The predicted octanol–water partition coefficient (Wildman–Crippen LogP) is 11.6. The van der Waals surface area contributed by atoms with Crippen molar-refractivity contribution in [2.45, 2.75) is 73.5 Å². The fourth-order valence-corrected chi connectivity index (χ4v) is 12.4. The molecule has 0 bridgehead atoms. The number of hydrogen-bond donors (Lipinski definition) is 5. The molecule has 524 valence electrons. The van der Waals surface area contributed by atoms with E-state index in [1.165, 1.54) is 23.3 Å². The smallest absolute Gasteiger partial charge is 0.241 e. The highest BCUT2D eigenvalue weighted by atomic mass is 32.2. The summed E-state index contributed by atoms with van der Waals surface area (Å²) in [6.07, 6.45) is 3.51. The summed E-state index contributed by atoms with van der Waals surface area (Å²) in [4.78, 5) is 0.282. The first-order chi connectivity index (χ1) is 47.4. The maximum Gasteiger partial charge on any atom is 0.241 e. The molecule has 8 aromatic rings. The van der Waals surface area contributed by atoms with E-state index in [0.717, 1.165) is 59.4 Å². The summed E-state index contributed by atoms with van der Waals surface area (Å²) in [7, 11) is -4.45. The van der Waals surface area contributed by atoms with E-state index >= 15 is 0 Å². The van der Waals surface area contributed by atoms with Gasteiger partial charge in [0.2, 0.25) is 20.0 Å². The van der Waals surface area contributed by atoms with Crippen LogP contribution >= 0.6 is 0 Å². The first-order valence-electron chi connectivity index (χ1n) is 32.9. The summed E-state index contributed by atoms with van der Waals surface area (Å²) < 4.78 is 114. The molecular formula is C76H98N4O15S2. The molecule has 8 rings (SSSR count). The summed E-state index contributed by atoms with van der Waals surface area (Å²) in [5.41, 5.74) is 12.5. The van der Waals surface area contributed by atoms with Gasteiger partial charge in [-0.2, -0.15) is 0 Å². The van der Waals surface area contributed by atoms with Gasteiger partial charge in [0.05, 0.1) is 114 Å². The Morgan fingerprint density at radius 1 is 0.371 bits per heavy atom. The minimum atomic E-state index is -3.91. The number of aryl methyl sites for hydroxylation is 2. The van der Waals surface area contributed by atoms with Crippen LogP contribution in [-0.4, -0.2) is 142 Å². The van der Waals surface area contributed by atoms with Crippen molar-refractivity contribution in [3.8, 4) is 23.0 Å². The fourth-order valence-electron chi connectivity index (χ4n) is 9.88. The second kappa shape index (κ2) is 45.8. The number of rotatable bonds is 44. The van der Waals surface area contributed by atoms with Crippen LogP contribution in [0.15, 0.2) is 228 Å². The zero-order valence-electron chi connectivity index (χ0n) is 56.3. The molecule has 19 nitrogen and oxygen atoms in total. The van der Waals surface area contributed by atoms with E-state index in [9.17, 15) is 16.8 Å². The van der Waals surface area contributed by atoms with Crippen LogP contribution in [0.3, 0.4) is 0 Å². The molecule has 0 aliphatic rings. The Morgan fingerprint density at radius 3 is 1.06 bits per heavy atom. The maximum atomic E-state index is 13.8. The second-order valence-corrected chi connectivity index (χ2v) is 25.3. The summed E-state index contributed by atoms with van der Waals surface area (Å²) in [5, 5.41) is 12.3. The molecule has 21 heteroatoms. The van der Waals surface area contributed by atoms with Crippen molar-refractivity contribution >= 4 is 20.0 Å². The van der Waals surface area contributed by atoms with Crippen LogP contribution < -0.4 is 39.4 Å². The molecule has 0 heterocycles. The molecule has 0 unspecified atom stereocenters. The lowest BCUT2D eigenvalue weighted by Crippen LogP contribution is -2.39. The molecule has 0 amide bonds. The zero-order valence-corrected chi connectivity index (χ0v) is 57.9. The molecule has 0 aliphatic heterocycles. The molecule has 0 saturated carbocycles. The third-order valence-electron chi connectivity index (χ3n) is 15.0. The van der Waals surface area contributed by atoms with Gasteiger partial charge in [-0.1, -0.05) is 146 Å². The van der Waals surface area contributed by atoms with Crippen molar-refractivity contribution in [1.82, 2.24) is 14.8 Å². The van der Waals surface area contributed by atoms with E-state index < -0.39 is 38.2 Å². The van der Waals surface area contributed by atoms with E-state index in [1.54, 1.807) is 50.6 Å². The summed E-state index contributed by atoms with van der Waals surface area (Å²) in [6, 6.07) is 65.0. The number of nitrogens with two attached hydrogens (primary N) is 1. The normalized spacial score (nSPS) is 12.6. The average Bonchev–Trinajstić information content (AvgIpc) is 0.835. The van der Waals surface area contributed by atoms with Crippen LogP contribution in [-0.2, 0) is 61.3 Å². The molecule has 0 aliphatic carbocycles. The van der Waals surface area contributed by atoms with Crippen molar-refractivity contribution in [1.29, 1.82) is 0 Å². The Bertz CT molecular complexity index is 3540. The second-order valence-electron chi connectivity index (χ2n) is 21.9. The van der Waals surface area contributed by atoms with Crippen molar-refractivity contribution < 1.29 is 69.3 Å². The lowest BCUT2D eigenvalue weighted by Gasteiger charge is -2.30. The molecule has 0 fully saturated rings. The SMILES string of the molecule is CCOCCOCCOCCOc1ccc(S(=O)(=O)N[C@H](c2ccccc2)[C@H](N)c2ccccc2)cc1.CCOCCOCCOCCOc1ccc(S(=O)(=O)N[C@H](c2ccccc2)[C@H](NCCCc2ccc(OC)cc2)c2ccccc2)cc1.COc1ccc(CCCO)cc1. The maximum absolute atomic E-state index is 13.8. The van der Waals surface area contributed by atoms with Crippen molar-refractivity contribution in [2.75, 3.05) is 120 Å². The highest BCUT2D eigenvalue weighted by Crippen LogP contribution is 2.33. The van der Waals surface area contributed by atoms with Crippen LogP contribution in [0.25, 0.3) is 0 Å². The van der Waals surface area contributed by atoms with E-state index in [4.69, 9.17) is 58.2 Å². The topological polar surface area (TPSA) is 243 Å². The molecule has 0 radical (unpaired) electrons. The third kappa shape index (κ3) is 29.6. The highest BCUT2D eigenvalue weighted by molar-refractivity contribution is 7.89. The van der Waals surface area contributed by atoms with Gasteiger partial charge in [0, 0.05) is 19.8 Å². The van der Waals surface area contributed by atoms with Crippen LogP contribution in [0.1, 0.15) is 84.2 Å². The summed E-state index contributed by atoms with van der Waals surface area (Å²) in [6.45, 7) is 11.8. The Balaban J connectivity index is 0.000000267. The van der Waals surface area contributed by atoms with Crippen LogP contribution in [0.4, 0.5) is 0 Å². The van der Waals surface area contributed by atoms with Gasteiger partial charge in [-0.15, -0.1) is 0 Å². The average molecular weight is 1370 g/mol. The van der Waals surface area contributed by atoms with Crippen LogP contribution in [0.5, 0.6) is 23.0 Å². The van der Waals surface area contributed by atoms with E-state index in [0.29, 0.717) is 111 Å². The first-order valence-corrected chi connectivity index (χ1v) is 35.9. The minimum Gasteiger partial charge on any atom is -0.497 e. The number of ether oxygens (including phenoxy) is 10. The highest BCUT2D eigenvalue weighted by Gasteiger charge is 2.31. The van der Waals surface area contributed by atoms with Gasteiger partial charge in [0.15, 0.2) is 0 Å². The van der Waals surface area contributed by atoms with Crippen molar-refractivity contribution in [3.05, 3.63) is 252 Å². The Hall–Kier alpha value is -7.58. The van der Waals surface area contributed by atoms with Gasteiger partial charge in [-0.3, -0.25) is 0 Å². The van der Waals surface area contributed by atoms with Gasteiger partial charge in [0.1, 0.15) is 36.2 Å². The van der Waals surface area contributed by atoms with E-state index in [-0.39, 0.29) is 22.4 Å². The first kappa shape index (κ1) is 78.4. The molecule has 8 aromatic carbocycles. The lowest BCUT2D eigenvalue weighted by atomic mass is 9.94. The largest absolute Gasteiger partial charge is 0.497 e. The van der Waals surface area contributed by atoms with Crippen LogP contribution in [0, 0.1) is 0 Å². The molecular weight excluding hydrogens is 1270 g/mol. The van der Waals surface area contributed by atoms with Gasteiger partial charge in [0.25, 0.3) is 0 Å². The van der Waals surface area contributed by atoms with Crippen LogP contribution in [0.2, 0.25) is 0 Å². The van der Waals surface area contributed by atoms with E-state index in [2.05, 4.69) is 26.9 Å². The molecule has 0 spiro atoms. The van der Waals surface area contributed by atoms with Crippen molar-refractivity contribution in [2.24, 2.45) is 5.73 Å². The Kier molecular flexibility index (Phi) is 37.1. The fraction of sp³-hybridized carbons (Fsp3) is 0.368. The molecule has 97 heavy (non-hydrogen) atoms. The number of methoxy groups -OCH3 is 2. The molecule has 0 saturated heterocycles. The number of sulfonamides is 2. The van der Waals surface area contributed by atoms with Gasteiger partial charge in [-0.25, -0.2) is 26.3 Å². The Labute approximate surface area is 575 Å². The standard InChI is InChI=1S/C38H48N2O7S.C28H36N2O6S.C10H14O2/c1-3-44-25-26-45-27-28-46-29-30-47-35-20-22-36(23-21-35)48(41,42)40-38(33-14-8-5-9-15-33)37(32-12-6-4-7-13-32)39-24-10-11-31-16-18-34(43-2)19-17-31;1-2-33-17-18-34-19-20-35-21-22-36-25-13-15-26(16-14-25)37(31,32)30-28(24-11-7-4-8-12-24)27(29)23-9-5-3-6-10-23;1-12-10-6-4-9(5-7-10)3-2-8-11/h4-9,12-23,37-40H,3,10-11,24-30H2,1-2H3;3-16,27-28,30H,2,17-22,29H2,1H3;4-7,11H,2-3,8H2,1H3/t37-,38-;27-,28-;/m11./s1. The van der Waals surface area contributed by atoms with E-state index in [1.807, 2.05) is 172 Å². The zero-order chi connectivity index (χ0) is 69.0. The van der Waals surface area contributed by atoms with Gasteiger partial charge in [-0.05, 0) is 152 Å². The third-order valence-corrected chi connectivity index (χ3v) is 17.9. The summed E-state index contributed by atoms with van der Waals surface area (Å²) in [5.74, 6) is 2.82. The predicted molar refractivity (Wildman–Crippen MR) is 379 cm³/mol. The van der Waals surface area contributed by atoms with Crippen molar-refractivity contribution in [3.63, 3.8) is 0 Å². The molecule has 0 aromatic heterocycles. The van der Waals surface area contributed by atoms with Gasteiger partial charge < -0.3 is 63.5 Å². The van der Waals surface area contributed by atoms with Gasteiger partial charge >= 0.3 is 0 Å². The molecule has 4 atom stereocenters.